The van der Waals surface area contributed by atoms with Crippen LogP contribution in [0.3, 0.4) is 0 Å². The molecule has 0 amide bonds. The Hall–Kier alpha value is 0.210. The van der Waals surface area contributed by atoms with Gasteiger partial charge in [0.15, 0.2) is 0 Å². The van der Waals surface area contributed by atoms with Crippen LogP contribution in [-0.2, 0) is 9.47 Å². The SMILES string of the molecule is ClCCOCCOCC1CCCCC1. The highest BCUT2D eigenvalue weighted by molar-refractivity contribution is 6.17. The molecular weight excluding hydrogens is 200 g/mol. The summed E-state index contributed by atoms with van der Waals surface area (Å²) in [5.41, 5.74) is 0. The average Bonchev–Trinajstić information content (AvgIpc) is 2.25. The first-order chi connectivity index (χ1) is 6.93. The third kappa shape index (κ3) is 5.84. The molecule has 0 aromatic rings. The second-order valence-electron chi connectivity index (χ2n) is 3.88. The highest BCUT2D eigenvalue weighted by Gasteiger charge is 2.12. The molecular formula is C11H21ClO2. The van der Waals surface area contributed by atoms with Crippen LogP contribution in [-0.4, -0.2) is 32.3 Å². The van der Waals surface area contributed by atoms with Crippen LogP contribution in [0.4, 0.5) is 0 Å². The fraction of sp³-hybridized carbons (Fsp3) is 1.00. The van der Waals surface area contributed by atoms with E-state index in [1.807, 2.05) is 0 Å². The van der Waals surface area contributed by atoms with E-state index in [-0.39, 0.29) is 0 Å². The molecule has 0 saturated heterocycles. The summed E-state index contributed by atoms with van der Waals surface area (Å²) < 4.78 is 10.8. The highest BCUT2D eigenvalue weighted by atomic mass is 35.5. The molecule has 1 aliphatic rings. The van der Waals surface area contributed by atoms with Crippen molar-refractivity contribution in [3.8, 4) is 0 Å². The van der Waals surface area contributed by atoms with Gasteiger partial charge in [-0.3, -0.25) is 0 Å². The lowest BCUT2D eigenvalue weighted by Crippen LogP contribution is -2.15. The lowest BCUT2D eigenvalue weighted by Gasteiger charge is -2.21. The van der Waals surface area contributed by atoms with Gasteiger partial charge in [0.25, 0.3) is 0 Å². The smallest absolute Gasteiger partial charge is 0.0701 e. The molecule has 2 nitrogen and oxygen atoms in total. The van der Waals surface area contributed by atoms with Crippen molar-refractivity contribution < 1.29 is 9.47 Å². The minimum Gasteiger partial charge on any atom is -0.379 e. The first-order valence-corrected chi connectivity index (χ1v) is 6.18. The van der Waals surface area contributed by atoms with Gasteiger partial charge in [0.05, 0.1) is 19.8 Å². The molecule has 0 aromatic heterocycles. The van der Waals surface area contributed by atoms with Crippen LogP contribution < -0.4 is 0 Å². The molecule has 0 spiro atoms. The summed E-state index contributed by atoms with van der Waals surface area (Å²) in [6.45, 7) is 2.95. The molecule has 1 saturated carbocycles. The predicted octanol–water partition coefficient (Wildman–Crippen LogP) is 2.84. The zero-order valence-electron chi connectivity index (χ0n) is 8.84. The lowest BCUT2D eigenvalue weighted by atomic mass is 9.90. The summed E-state index contributed by atoms with van der Waals surface area (Å²) in [5.74, 6) is 1.37. The summed E-state index contributed by atoms with van der Waals surface area (Å²) >= 11 is 5.47. The van der Waals surface area contributed by atoms with Gasteiger partial charge in [-0.1, -0.05) is 19.3 Å². The number of rotatable bonds is 7. The van der Waals surface area contributed by atoms with Crippen molar-refractivity contribution in [3.05, 3.63) is 0 Å². The summed E-state index contributed by atoms with van der Waals surface area (Å²) in [6, 6.07) is 0. The van der Waals surface area contributed by atoms with Crippen LogP contribution in [0, 0.1) is 5.92 Å². The average molecular weight is 221 g/mol. The maximum atomic E-state index is 5.55. The minimum atomic E-state index is 0.572. The van der Waals surface area contributed by atoms with E-state index in [4.69, 9.17) is 21.1 Å². The Morgan fingerprint density at radius 1 is 0.929 bits per heavy atom. The Kier molecular flexibility index (Phi) is 7.47. The van der Waals surface area contributed by atoms with Gasteiger partial charge >= 0.3 is 0 Å². The first kappa shape index (κ1) is 12.3. The molecule has 0 bridgehead atoms. The lowest BCUT2D eigenvalue weighted by molar-refractivity contribution is 0.0319. The van der Waals surface area contributed by atoms with Crippen LogP contribution in [0.1, 0.15) is 32.1 Å². The van der Waals surface area contributed by atoms with E-state index in [9.17, 15) is 0 Å². The standard InChI is InChI=1S/C11H21ClO2/c12-6-7-13-8-9-14-10-11-4-2-1-3-5-11/h11H,1-10H2. The molecule has 0 radical (unpaired) electrons. The van der Waals surface area contributed by atoms with Gasteiger partial charge in [0.1, 0.15) is 0 Å². The Balaban J connectivity index is 1.82. The molecule has 3 heteroatoms. The van der Waals surface area contributed by atoms with Crippen molar-refractivity contribution >= 4 is 11.6 Å². The van der Waals surface area contributed by atoms with E-state index in [1.54, 1.807) is 0 Å². The second kappa shape index (κ2) is 8.51. The Labute approximate surface area is 91.9 Å². The third-order valence-corrected chi connectivity index (χ3v) is 2.83. The van der Waals surface area contributed by atoms with Crippen molar-refractivity contribution in [2.75, 3.05) is 32.3 Å². The number of hydrogen-bond donors (Lipinski definition) is 0. The number of hydrogen-bond acceptors (Lipinski definition) is 2. The highest BCUT2D eigenvalue weighted by Crippen LogP contribution is 2.23. The number of ether oxygens (including phenoxy) is 2. The van der Waals surface area contributed by atoms with Gasteiger partial charge < -0.3 is 9.47 Å². The van der Waals surface area contributed by atoms with Crippen molar-refractivity contribution in [1.82, 2.24) is 0 Å². The van der Waals surface area contributed by atoms with Crippen LogP contribution >= 0.6 is 11.6 Å². The molecule has 0 atom stereocenters. The van der Waals surface area contributed by atoms with Gasteiger partial charge in [-0.25, -0.2) is 0 Å². The van der Waals surface area contributed by atoms with Gasteiger partial charge in [-0.15, -0.1) is 11.6 Å². The van der Waals surface area contributed by atoms with Crippen LogP contribution in [0.15, 0.2) is 0 Å². The van der Waals surface area contributed by atoms with Gasteiger partial charge in [0.2, 0.25) is 0 Å². The zero-order valence-corrected chi connectivity index (χ0v) is 9.60. The minimum absolute atomic E-state index is 0.572. The maximum absolute atomic E-state index is 5.55. The molecule has 0 aliphatic heterocycles. The van der Waals surface area contributed by atoms with E-state index in [2.05, 4.69) is 0 Å². The summed E-state index contributed by atoms with van der Waals surface area (Å²) in [4.78, 5) is 0. The van der Waals surface area contributed by atoms with E-state index >= 15 is 0 Å². The topological polar surface area (TPSA) is 18.5 Å². The maximum Gasteiger partial charge on any atom is 0.0701 e. The predicted molar refractivity (Wildman–Crippen MR) is 58.9 cm³/mol. The van der Waals surface area contributed by atoms with Crippen LogP contribution in [0.25, 0.3) is 0 Å². The first-order valence-electron chi connectivity index (χ1n) is 5.65. The van der Waals surface area contributed by atoms with Crippen molar-refractivity contribution in [2.45, 2.75) is 32.1 Å². The molecule has 1 rings (SSSR count). The molecule has 84 valence electrons. The number of halogens is 1. The van der Waals surface area contributed by atoms with Gasteiger partial charge in [-0.2, -0.15) is 0 Å². The molecule has 14 heavy (non-hydrogen) atoms. The monoisotopic (exact) mass is 220 g/mol. The Morgan fingerprint density at radius 3 is 2.36 bits per heavy atom. The van der Waals surface area contributed by atoms with E-state index < -0.39 is 0 Å². The van der Waals surface area contributed by atoms with Gasteiger partial charge in [0, 0.05) is 12.5 Å². The Morgan fingerprint density at radius 2 is 1.64 bits per heavy atom. The van der Waals surface area contributed by atoms with Crippen LogP contribution in [0.2, 0.25) is 0 Å². The number of alkyl halides is 1. The van der Waals surface area contributed by atoms with Crippen molar-refractivity contribution in [1.29, 1.82) is 0 Å². The normalized spacial score (nSPS) is 18.6. The summed E-state index contributed by atoms with van der Waals surface area (Å²) in [6.07, 6.45) is 6.88. The Bertz CT molecular complexity index is 124. The van der Waals surface area contributed by atoms with Crippen LogP contribution in [0.5, 0.6) is 0 Å². The molecule has 1 aliphatic carbocycles. The summed E-state index contributed by atoms with van der Waals surface area (Å²) in [7, 11) is 0. The van der Waals surface area contributed by atoms with Crippen molar-refractivity contribution in [3.63, 3.8) is 0 Å². The van der Waals surface area contributed by atoms with Gasteiger partial charge in [-0.05, 0) is 18.8 Å². The summed E-state index contributed by atoms with van der Waals surface area (Å²) in [5, 5.41) is 0. The molecule has 0 unspecified atom stereocenters. The van der Waals surface area contributed by atoms with E-state index in [0.717, 1.165) is 12.5 Å². The molecule has 0 N–H and O–H groups in total. The third-order valence-electron chi connectivity index (χ3n) is 2.67. The molecule has 0 heterocycles. The van der Waals surface area contributed by atoms with E-state index in [1.165, 1.54) is 32.1 Å². The molecule has 1 fully saturated rings. The fourth-order valence-electron chi connectivity index (χ4n) is 1.88. The zero-order chi connectivity index (χ0) is 10.1. The van der Waals surface area contributed by atoms with Crippen molar-refractivity contribution in [2.24, 2.45) is 5.92 Å². The fourth-order valence-corrected chi connectivity index (χ4v) is 1.99. The molecule has 0 aromatic carbocycles. The quantitative estimate of drug-likeness (QED) is 0.485. The largest absolute Gasteiger partial charge is 0.379 e. The second-order valence-corrected chi connectivity index (χ2v) is 4.26. The van der Waals surface area contributed by atoms with E-state index in [0.29, 0.717) is 25.7 Å².